The Bertz CT molecular complexity index is 1370. The molecule has 2 aliphatic rings. The number of amides is 1. The summed E-state index contributed by atoms with van der Waals surface area (Å²) in [6.07, 6.45) is 1.95. The van der Waals surface area contributed by atoms with Crippen LogP contribution in [0.1, 0.15) is 28.1 Å². The Balaban J connectivity index is 1.45. The molecule has 1 amide bonds. The van der Waals surface area contributed by atoms with E-state index >= 15 is 0 Å². The number of anilines is 2. The van der Waals surface area contributed by atoms with Crippen LogP contribution >= 0.6 is 12.2 Å². The van der Waals surface area contributed by atoms with E-state index in [0.717, 1.165) is 60.2 Å². The Morgan fingerprint density at radius 2 is 1.50 bits per heavy atom. The predicted molar refractivity (Wildman–Crippen MR) is 150 cm³/mol. The lowest BCUT2D eigenvalue weighted by Gasteiger charge is -2.29. The van der Waals surface area contributed by atoms with Crippen LogP contribution in [0.5, 0.6) is 0 Å². The van der Waals surface area contributed by atoms with Gasteiger partial charge in [0.15, 0.2) is 5.11 Å². The van der Waals surface area contributed by atoms with Crippen molar-refractivity contribution in [1.29, 1.82) is 0 Å². The molecule has 2 aromatic carbocycles. The van der Waals surface area contributed by atoms with E-state index in [1.165, 1.54) is 11.3 Å². The lowest BCUT2D eigenvalue weighted by atomic mass is 10.1. The van der Waals surface area contributed by atoms with E-state index < -0.39 is 0 Å². The first-order valence-corrected chi connectivity index (χ1v) is 12.7. The van der Waals surface area contributed by atoms with Crippen molar-refractivity contribution in [1.82, 2.24) is 9.47 Å². The van der Waals surface area contributed by atoms with Crippen molar-refractivity contribution in [2.75, 3.05) is 43.2 Å². The number of likely N-dealkylation sites (N-methyl/N-ethyl adjacent to an activating group) is 1. The van der Waals surface area contributed by atoms with Gasteiger partial charge in [0.05, 0.1) is 18.9 Å². The second-order valence-electron chi connectivity index (χ2n) is 9.56. The van der Waals surface area contributed by atoms with Crippen LogP contribution in [0.25, 0.3) is 11.8 Å². The predicted octanol–water partition coefficient (Wildman–Crippen LogP) is 5.15. The molecule has 0 bridgehead atoms. The van der Waals surface area contributed by atoms with Crippen LogP contribution in [-0.2, 0) is 9.53 Å². The highest BCUT2D eigenvalue weighted by atomic mass is 32.1. The Labute approximate surface area is 218 Å². The summed E-state index contributed by atoms with van der Waals surface area (Å²) in [5, 5.41) is 0.488. The van der Waals surface area contributed by atoms with Gasteiger partial charge < -0.3 is 19.1 Å². The Morgan fingerprint density at radius 3 is 2.17 bits per heavy atom. The van der Waals surface area contributed by atoms with Gasteiger partial charge in [0.1, 0.15) is 5.70 Å². The lowest BCUT2D eigenvalue weighted by molar-refractivity contribution is -0.114. The highest BCUT2D eigenvalue weighted by Crippen LogP contribution is 2.31. The molecule has 0 saturated carbocycles. The minimum atomic E-state index is -0.106. The number of ether oxygens (including phenoxy) is 1. The van der Waals surface area contributed by atoms with Crippen molar-refractivity contribution in [2.45, 2.75) is 27.7 Å². The second-order valence-corrected chi connectivity index (χ2v) is 9.92. The molecule has 7 heteroatoms. The maximum atomic E-state index is 13.5. The maximum absolute atomic E-state index is 13.5. The van der Waals surface area contributed by atoms with E-state index in [0.29, 0.717) is 10.8 Å². The van der Waals surface area contributed by atoms with Gasteiger partial charge in [-0.1, -0.05) is 6.07 Å². The van der Waals surface area contributed by atoms with Gasteiger partial charge in [0.2, 0.25) is 0 Å². The number of morpholine rings is 1. The van der Waals surface area contributed by atoms with Crippen LogP contribution in [-0.4, -0.2) is 53.8 Å². The van der Waals surface area contributed by atoms with Crippen molar-refractivity contribution in [3.63, 3.8) is 0 Å². The molecular weight excluding hydrogens is 468 g/mol. The number of carbonyl (C=O) groups excluding carboxylic acids is 1. The molecule has 186 valence electrons. The summed E-state index contributed by atoms with van der Waals surface area (Å²) in [6, 6.07) is 16.8. The fourth-order valence-electron chi connectivity index (χ4n) is 4.96. The van der Waals surface area contributed by atoms with Gasteiger partial charge in [-0.15, -0.1) is 0 Å². The number of carbonyl (C=O) groups is 1. The van der Waals surface area contributed by atoms with Crippen LogP contribution in [0, 0.1) is 27.7 Å². The number of aryl methyl sites for hydroxylation is 3. The summed E-state index contributed by atoms with van der Waals surface area (Å²) in [4.78, 5) is 19.3. The van der Waals surface area contributed by atoms with Crippen LogP contribution in [0.2, 0.25) is 0 Å². The van der Waals surface area contributed by atoms with Gasteiger partial charge in [-0.3, -0.25) is 9.69 Å². The van der Waals surface area contributed by atoms with Crippen LogP contribution in [0.3, 0.4) is 0 Å². The summed E-state index contributed by atoms with van der Waals surface area (Å²) in [5.74, 6) is -0.106. The standard InChI is InChI=1S/C29H32N4O2S/c1-19-6-7-26(16-20(19)2)33-28(34)27(30(5)29(33)36)18-23-17-21(3)32(22(23)4)25-10-8-24(9-11-25)31-12-14-35-15-13-31/h6-11,16-18H,12-15H2,1-5H3/b27-18-. The summed E-state index contributed by atoms with van der Waals surface area (Å²) in [6.45, 7) is 11.7. The molecule has 2 fully saturated rings. The zero-order valence-corrected chi connectivity index (χ0v) is 22.4. The Kier molecular flexibility index (Phi) is 6.45. The van der Waals surface area contributed by atoms with Crippen molar-refractivity contribution in [3.05, 3.63) is 82.3 Å². The van der Waals surface area contributed by atoms with Crippen LogP contribution < -0.4 is 9.80 Å². The van der Waals surface area contributed by atoms with E-state index in [1.54, 1.807) is 9.80 Å². The molecule has 2 saturated heterocycles. The van der Waals surface area contributed by atoms with Crippen LogP contribution in [0.15, 0.2) is 54.2 Å². The number of hydrogen-bond acceptors (Lipinski definition) is 4. The second kappa shape index (κ2) is 9.56. The average Bonchev–Trinajstić information content (AvgIpc) is 3.28. The topological polar surface area (TPSA) is 41.0 Å². The third-order valence-corrected chi connectivity index (χ3v) is 7.71. The largest absolute Gasteiger partial charge is 0.378 e. The van der Waals surface area contributed by atoms with E-state index in [9.17, 15) is 4.79 Å². The van der Waals surface area contributed by atoms with Gasteiger partial charge in [0.25, 0.3) is 5.91 Å². The quantitative estimate of drug-likeness (QED) is 0.366. The van der Waals surface area contributed by atoms with Crippen molar-refractivity contribution < 1.29 is 9.53 Å². The molecule has 0 radical (unpaired) electrons. The molecule has 6 nitrogen and oxygen atoms in total. The van der Waals surface area contributed by atoms with Gasteiger partial charge in [0, 0.05) is 42.9 Å². The van der Waals surface area contributed by atoms with Crippen molar-refractivity contribution in [2.24, 2.45) is 0 Å². The van der Waals surface area contributed by atoms with E-state index in [4.69, 9.17) is 17.0 Å². The molecule has 3 heterocycles. The molecular formula is C29H32N4O2S. The minimum Gasteiger partial charge on any atom is -0.378 e. The number of aromatic nitrogens is 1. The maximum Gasteiger partial charge on any atom is 0.281 e. The van der Waals surface area contributed by atoms with Crippen LogP contribution in [0.4, 0.5) is 11.4 Å². The third-order valence-electron chi connectivity index (χ3n) is 7.26. The number of thiocarbonyl (C=S) groups is 1. The highest BCUT2D eigenvalue weighted by Gasteiger charge is 2.37. The molecule has 1 aromatic heterocycles. The highest BCUT2D eigenvalue weighted by molar-refractivity contribution is 7.80. The van der Waals surface area contributed by atoms with Crippen molar-refractivity contribution in [3.8, 4) is 5.69 Å². The van der Waals surface area contributed by atoms with E-state index in [-0.39, 0.29) is 5.91 Å². The third kappa shape index (κ3) is 4.22. The summed E-state index contributed by atoms with van der Waals surface area (Å²) < 4.78 is 7.71. The molecule has 0 unspecified atom stereocenters. The number of benzene rings is 2. The fraction of sp³-hybridized carbons (Fsp3) is 0.310. The number of rotatable bonds is 4. The van der Waals surface area contributed by atoms with Crippen molar-refractivity contribution >= 4 is 40.7 Å². The van der Waals surface area contributed by atoms with Gasteiger partial charge in [-0.2, -0.15) is 0 Å². The molecule has 5 rings (SSSR count). The molecule has 2 aliphatic heterocycles. The first kappa shape index (κ1) is 24.3. The number of nitrogens with zero attached hydrogens (tertiary/aromatic N) is 4. The number of hydrogen-bond donors (Lipinski definition) is 0. The van der Waals surface area contributed by atoms with E-state index in [2.05, 4.69) is 60.6 Å². The summed E-state index contributed by atoms with van der Waals surface area (Å²) in [7, 11) is 1.86. The zero-order chi connectivity index (χ0) is 25.6. The minimum absolute atomic E-state index is 0.106. The fourth-order valence-corrected chi connectivity index (χ4v) is 5.25. The van der Waals surface area contributed by atoms with Gasteiger partial charge in [-0.25, -0.2) is 0 Å². The smallest absolute Gasteiger partial charge is 0.281 e. The zero-order valence-electron chi connectivity index (χ0n) is 21.5. The molecule has 0 atom stereocenters. The van der Waals surface area contributed by atoms with Gasteiger partial charge in [-0.05, 0) is 105 Å². The lowest BCUT2D eigenvalue weighted by Crippen LogP contribution is -2.36. The molecule has 3 aromatic rings. The Morgan fingerprint density at radius 1 is 0.861 bits per heavy atom. The first-order valence-electron chi connectivity index (χ1n) is 12.3. The molecule has 0 N–H and O–H groups in total. The molecule has 0 aliphatic carbocycles. The molecule has 36 heavy (non-hydrogen) atoms. The normalized spacial score (nSPS) is 17.6. The Hall–Kier alpha value is -3.42. The van der Waals surface area contributed by atoms with Gasteiger partial charge >= 0.3 is 0 Å². The molecule has 0 spiro atoms. The summed E-state index contributed by atoms with van der Waals surface area (Å²) in [5.41, 5.74) is 9.20. The summed E-state index contributed by atoms with van der Waals surface area (Å²) >= 11 is 5.67. The SMILES string of the molecule is Cc1ccc(N2C(=O)/C(=C/c3cc(C)n(-c4ccc(N5CCOCC5)cc4)c3C)N(C)C2=S)cc1C. The first-order chi connectivity index (χ1) is 17.3. The average molecular weight is 501 g/mol. The van der Waals surface area contributed by atoms with E-state index in [1.807, 2.05) is 38.2 Å². The monoisotopic (exact) mass is 500 g/mol.